The molecule has 7 heteroatoms. The number of nitrogens with one attached hydrogen (secondary N) is 1. The molecule has 142 valence electrons. The SMILES string of the molecule is Cn1ncc2c(N)nc(NCC(c3ccccc3)N3CCCCCC3)nc21. The highest BCUT2D eigenvalue weighted by atomic mass is 15.3. The monoisotopic (exact) mass is 365 g/mol. The number of benzene rings is 1. The molecule has 1 aliphatic rings. The van der Waals surface area contributed by atoms with Gasteiger partial charge < -0.3 is 11.1 Å². The van der Waals surface area contributed by atoms with Crippen LogP contribution in [0.4, 0.5) is 11.8 Å². The Labute approximate surface area is 159 Å². The van der Waals surface area contributed by atoms with Crippen molar-refractivity contribution >= 4 is 22.8 Å². The van der Waals surface area contributed by atoms with Gasteiger partial charge in [0.05, 0.1) is 17.6 Å². The average Bonchev–Trinajstić information content (AvgIpc) is 2.89. The lowest BCUT2D eigenvalue weighted by Crippen LogP contribution is -2.34. The summed E-state index contributed by atoms with van der Waals surface area (Å²) in [5.41, 5.74) is 8.16. The van der Waals surface area contributed by atoms with Crippen molar-refractivity contribution in [2.45, 2.75) is 31.7 Å². The van der Waals surface area contributed by atoms with E-state index in [0.717, 1.165) is 30.7 Å². The summed E-state index contributed by atoms with van der Waals surface area (Å²) in [6.07, 6.45) is 6.87. The van der Waals surface area contributed by atoms with Crippen LogP contribution in [0.5, 0.6) is 0 Å². The fraction of sp³-hybridized carbons (Fsp3) is 0.450. The molecule has 0 radical (unpaired) electrons. The van der Waals surface area contributed by atoms with E-state index in [1.54, 1.807) is 10.9 Å². The maximum Gasteiger partial charge on any atom is 0.226 e. The summed E-state index contributed by atoms with van der Waals surface area (Å²) in [5.74, 6) is 1.01. The van der Waals surface area contributed by atoms with Crippen molar-refractivity contribution in [2.24, 2.45) is 7.05 Å². The number of rotatable bonds is 5. The minimum atomic E-state index is 0.288. The Morgan fingerprint density at radius 1 is 1.07 bits per heavy atom. The van der Waals surface area contributed by atoms with Gasteiger partial charge in [0.2, 0.25) is 5.95 Å². The van der Waals surface area contributed by atoms with Crippen LogP contribution >= 0.6 is 0 Å². The summed E-state index contributed by atoms with van der Waals surface area (Å²) in [7, 11) is 1.86. The van der Waals surface area contributed by atoms with E-state index in [0.29, 0.717) is 11.8 Å². The van der Waals surface area contributed by atoms with Crippen LogP contribution in [0.15, 0.2) is 36.5 Å². The standard InChI is InChI=1S/C20H27N7/c1-26-19-16(13-23-26)18(21)24-20(25-19)22-14-17(15-9-5-4-6-10-15)27-11-7-2-3-8-12-27/h4-6,9-10,13,17H,2-3,7-8,11-12,14H2,1H3,(H3,21,22,24,25). The molecule has 27 heavy (non-hydrogen) atoms. The van der Waals surface area contributed by atoms with E-state index in [1.807, 2.05) is 7.05 Å². The van der Waals surface area contributed by atoms with E-state index in [-0.39, 0.29) is 6.04 Å². The Morgan fingerprint density at radius 2 is 1.81 bits per heavy atom. The quantitative estimate of drug-likeness (QED) is 0.723. The number of hydrogen-bond acceptors (Lipinski definition) is 6. The van der Waals surface area contributed by atoms with Crippen molar-refractivity contribution in [1.29, 1.82) is 0 Å². The lowest BCUT2D eigenvalue weighted by Gasteiger charge is -2.31. The summed E-state index contributed by atoms with van der Waals surface area (Å²) in [4.78, 5) is 11.6. The highest BCUT2D eigenvalue weighted by Gasteiger charge is 2.22. The van der Waals surface area contributed by atoms with Crippen LogP contribution in [0.2, 0.25) is 0 Å². The second-order valence-corrected chi connectivity index (χ2v) is 7.20. The fourth-order valence-electron chi connectivity index (χ4n) is 3.85. The molecular formula is C20H27N7. The molecule has 1 fully saturated rings. The Bertz CT molecular complexity index is 882. The molecule has 7 nitrogen and oxygen atoms in total. The zero-order chi connectivity index (χ0) is 18.6. The number of fused-ring (bicyclic) bond motifs is 1. The number of anilines is 2. The Morgan fingerprint density at radius 3 is 2.56 bits per heavy atom. The van der Waals surface area contributed by atoms with Crippen LogP contribution in [0.25, 0.3) is 11.0 Å². The predicted molar refractivity (Wildman–Crippen MR) is 108 cm³/mol. The molecule has 0 amide bonds. The van der Waals surface area contributed by atoms with Gasteiger partial charge in [-0.15, -0.1) is 0 Å². The number of aromatic nitrogens is 4. The van der Waals surface area contributed by atoms with E-state index in [9.17, 15) is 0 Å². The Kier molecular flexibility index (Phi) is 5.20. The summed E-state index contributed by atoms with van der Waals surface area (Å²) < 4.78 is 1.72. The molecule has 0 bridgehead atoms. The summed E-state index contributed by atoms with van der Waals surface area (Å²) in [5, 5.41) is 8.44. The summed E-state index contributed by atoms with van der Waals surface area (Å²) in [6.45, 7) is 3.00. The molecule has 2 aromatic heterocycles. The number of likely N-dealkylation sites (tertiary alicyclic amines) is 1. The molecule has 1 aromatic carbocycles. The molecule has 1 unspecified atom stereocenters. The first kappa shape index (κ1) is 17.7. The Hall–Kier alpha value is -2.67. The van der Waals surface area contributed by atoms with Crippen molar-refractivity contribution in [3.8, 4) is 0 Å². The molecule has 3 aromatic rings. The number of nitrogens with zero attached hydrogens (tertiary/aromatic N) is 5. The van der Waals surface area contributed by atoms with Crippen molar-refractivity contribution < 1.29 is 0 Å². The van der Waals surface area contributed by atoms with Crippen LogP contribution in [0.1, 0.15) is 37.3 Å². The third kappa shape index (κ3) is 3.88. The van der Waals surface area contributed by atoms with Crippen LogP contribution in [0.3, 0.4) is 0 Å². The lowest BCUT2D eigenvalue weighted by molar-refractivity contribution is 0.213. The maximum absolute atomic E-state index is 6.10. The second kappa shape index (κ2) is 7.92. The maximum atomic E-state index is 6.10. The normalized spacial score (nSPS) is 16.9. The van der Waals surface area contributed by atoms with Gasteiger partial charge in [-0.1, -0.05) is 43.2 Å². The minimum Gasteiger partial charge on any atom is -0.383 e. The summed E-state index contributed by atoms with van der Waals surface area (Å²) in [6, 6.07) is 11.0. The molecule has 1 saturated heterocycles. The third-order valence-corrected chi connectivity index (χ3v) is 5.34. The smallest absolute Gasteiger partial charge is 0.226 e. The van der Waals surface area contributed by atoms with Crippen molar-refractivity contribution in [3.63, 3.8) is 0 Å². The van der Waals surface area contributed by atoms with Gasteiger partial charge in [-0.05, 0) is 31.5 Å². The van der Waals surface area contributed by atoms with Gasteiger partial charge >= 0.3 is 0 Å². The van der Waals surface area contributed by atoms with Gasteiger partial charge in [0.1, 0.15) is 5.82 Å². The topological polar surface area (TPSA) is 84.9 Å². The first-order chi connectivity index (χ1) is 13.2. The molecule has 4 rings (SSSR count). The zero-order valence-electron chi connectivity index (χ0n) is 15.8. The Balaban J connectivity index is 1.57. The molecule has 3 heterocycles. The molecule has 0 aliphatic carbocycles. The molecule has 1 aliphatic heterocycles. The van der Waals surface area contributed by atoms with Crippen LogP contribution in [-0.4, -0.2) is 44.3 Å². The molecule has 1 atom stereocenters. The third-order valence-electron chi connectivity index (χ3n) is 5.34. The van der Waals surface area contributed by atoms with Crippen molar-refractivity contribution in [2.75, 3.05) is 30.7 Å². The largest absolute Gasteiger partial charge is 0.383 e. The van der Waals surface area contributed by atoms with E-state index >= 15 is 0 Å². The van der Waals surface area contributed by atoms with Gasteiger partial charge in [0.25, 0.3) is 0 Å². The minimum absolute atomic E-state index is 0.288. The van der Waals surface area contributed by atoms with Crippen molar-refractivity contribution in [1.82, 2.24) is 24.6 Å². The van der Waals surface area contributed by atoms with Gasteiger partial charge in [-0.3, -0.25) is 9.58 Å². The van der Waals surface area contributed by atoms with Gasteiger partial charge in [0.15, 0.2) is 5.65 Å². The number of hydrogen-bond donors (Lipinski definition) is 2. The molecule has 0 saturated carbocycles. The first-order valence-electron chi connectivity index (χ1n) is 9.70. The number of nitrogen functional groups attached to an aromatic ring is 1. The second-order valence-electron chi connectivity index (χ2n) is 7.20. The average molecular weight is 365 g/mol. The van der Waals surface area contributed by atoms with E-state index in [1.165, 1.54) is 31.2 Å². The van der Waals surface area contributed by atoms with Gasteiger partial charge in [0, 0.05) is 13.6 Å². The van der Waals surface area contributed by atoms with Crippen LogP contribution in [0, 0.1) is 0 Å². The predicted octanol–water partition coefficient (Wildman–Crippen LogP) is 2.97. The highest BCUT2D eigenvalue weighted by Crippen LogP contribution is 2.25. The van der Waals surface area contributed by atoms with E-state index in [2.05, 4.69) is 55.6 Å². The number of aryl methyl sites for hydroxylation is 1. The van der Waals surface area contributed by atoms with Crippen molar-refractivity contribution in [3.05, 3.63) is 42.1 Å². The van der Waals surface area contributed by atoms with Crippen LogP contribution < -0.4 is 11.1 Å². The van der Waals surface area contributed by atoms with E-state index < -0.39 is 0 Å². The van der Waals surface area contributed by atoms with Crippen LogP contribution in [-0.2, 0) is 7.05 Å². The number of nitrogens with two attached hydrogens (primary N) is 1. The first-order valence-corrected chi connectivity index (χ1v) is 9.70. The highest BCUT2D eigenvalue weighted by molar-refractivity contribution is 5.86. The zero-order valence-corrected chi connectivity index (χ0v) is 15.8. The molecular weight excluding hydrogens is 338 g/mol. The fourth-order valence-corrected chi connectivity index (χ4v) is 3.85. The molecule has 0 spiro atoms. The van der Waals surface area contributed by atoms with E-state index in [4.69, 9.17) is 5.73 Å². The lowest BCUT2D eigenvalue weighted by atomic mass is 10.0. The molecule has 3 N–H and O–H groups in total. The van der Waals surface area contributed by atoms with Gasteiger partial charge in [-0.25, -0.2) is 0 Å². The summed E-state index contributed by atoms with van der Waals surface area (Å²) >= 11 is 0. The van der Waals surface area contributed by atoms with Gasteiger partial charge in [-0.2, -0.15) is 15.1 Å².